The van der Waals surface area contributed by atoms with Crippen LogP contribution in [-0.2, 0) is 6.54 Å². The van der Waals surface area contributed by atoms with Crippen LogP contribution in [0.2, 0.25) is 0 Å². The fraction of sp³-hybridized carbons (Fsp3) is 0.722. The van der Waals surface area contributed by atoms with Crippen LogP contribution in [-0.4, -0.2) is 24.6 Å². The minimum atomic E-state index is 0.810. The lowest BCUT2D eigenvalue weighted by Crippen LogP contribution is -2.27. The van der Waals surface area contributed by atoms with Gasteiger partial charge in [-0.25, -0.2) is 0 Å². The molecule has 0 saturated carbocycles. The highest BCUT2D eigenvalue weighted by molar-refractivity contribution is 5.51. The number of rotatable bonds is 6. The van der Waals surface area contributed by atoms with Gasteiger partial charge in [-0.3, -0.25) is 4.98 Å². The van der Waals surface area contributed by atoms with Crippen LogP contribution in [0.1, 0.15) is 52.0 Å². The van der Waals surface area contributed by atoms with Gasteiger partial charge in [0.25, 0.3) is 0 Å². The van der Waals surface area contributed by atoms with E-state index in [1.54, 1.807) is 0 Å². The Kier molecular flexibility index (Phi) is 6.50. The van der Waals surface area contributed by atoms with Crippen molar-refractivity contribution in [1.29, 1.82) is 0 Å². The van der Waals surface area contributed by atoms with Gasteiger partial charge in [0, 0.05) is 25.8 Å². The van der Waals surface area contributed by atoms with E-state index >= 15 is 0 Å². The second-order valence-corrected chi connectivity index (χ2v) is 6.60. The Morgan fingerprint density at radius 3 is 2.95 bits per heavy atom. The maximum absolute atomic E-state index is 4.36. The van der Waals surface area contributed by atoms with Crippen LogP contribution in [0.4, 0.5) is 5.69 Å². The molecule has 1 atom stereocenters. The van der Waals surface area contributed by atoms with Gasteiger partial charge in [-0.05, 0) is 55.7 Å². The Labute approximate surface area is 130 Å². The zero-order chi connectivity index (χ0) is 15.1. The standard InChI is InChI=1S/C18H31N3/c1-4-9-19-13-17-7-10-20-14-18(17)21-11-5-6-16(8-12-21)15(2)3/h7,10,14-16,19H,4-6,8-9,11-13H2,1-3H3. The Bertz CT molecular complexity index is 417. The van der Waals surface area contributed by atoms with Crippen LogP contribution in [0.15, 0.2) is 18.5 Å². The van der Waals surface area contributed by atoms with E-state index < -0.39 is 0 Å². The van der Waals surface area contributed by atoms with E-state index in [2.05, 4.69) is 48.2 Å². The molecule has 0 amide bonds. The summed E-state index contributed by atoms with van der Waals surface area (Å²) in [5.41, 5.74) is 2.73. The topological polar surface area (TPSA) is 28.2 Å². The fourth-order valence-corrected chi connectivity index (χ4v) is 3.28. The van der Waals surface area contributed by atoms with Crippen LogP contribution in [0.5, 0.6) is 0 Å². The fourth-order valence-electron chi connectivity index (χ4n) is 3.28. The number of hydrogen-bond donors (Lipinski definition) is 1. The average molecular weight is 289 g/mol. The average Bonchev–Trinajstić information content (AvgIpc) is 2.74. The first-order valence-electron chi connectivity index (χ1n) is 8.61. The molecule has 2 heterocycles. The molecule has 3 heteroatoms. The molecule has 3 nitrogen and oxygen atoms in total. The summed E-state index contributed by atoms with van der Waals surface area (Å²) in [4.78, 5) is 6.92. The summed E-state index contributed by atoms with van der Waals surface area (Å²) >= 11 is 0. The Balaban J connectivity index is 2.03. The molecule has 1 N–H and O–H groups in total. The van der Waals surface area contributed by atoms with E-state index in [-0.39, 0.29) is 0 Å². The molecule has 118 valence electrons. The Morgan fingerprint density at radius 1 is 1.33 bits per heavy atom. The Hall–Kier alpha value is -1.09. The second-order valence-electron chi connectivity index (χ2n) is 6.60. The van der Waals surface area contributed by atoms with E-state index in [0.29, 0.717) is 0 Å². The van der Waals surface area contributed by atoms with E-state index in [1.165, 1.54) is 50.0 Å². The lowest BCUT2D eigenvalue weighted by atomic mass is 9.89. The molecule has 1 unspecified atom stereocenters. The summed E-state index contributed by atoms with van der Waals surface area (Å²) in [6.45, 7) is 11.3. The van der Waals surface area contributed by atoms with Gasteiger partial charge in [0.1, 0.15) is 0 Å². The van der Waals surface area contributed by atoms with Crippen molar-refractivity contribution in [3.8, 4) is 0 Å². The van der Waals surface area contributed by atoms with Gasteiger partial charge >= 0.3 is 0 Å². The van der Waals surface area contributed by atoms with Gasteiger partial charge in [0.05, 0.1) is 11.9 Å². The summed E-state index contributed by atoms with van der Waals surface area (Å²) < 4.78 is 0. The molecule has 2 rings (SSSR count). The van der Waals surface area contributed by atoms with E-state index in [0.717, 1.165) is 24.9 Å². The highest BCUT2D eigenvalue weighted by Crippen LogP contribution is 2.28. The molecule has 0 aliphatic carbocycles. The quantitative estimate of drug-likeness (QED) is 0.806. The van der Waals surface area contributed by atoms with Crippen molar-refractivity contribution < 1.29 is 0 Å². The van der Waals surface area contributed by atoms with Crippen molar-refractivity contribution in [2.45, 2.75) is 53.0 Å². The van der Waals surface area contributed by atoms with E-state index in [1.807, 2.05) is 6.20 Å². The molecule has 0 bridgehead atoms. The first-order valence-corrected chi connectivity index (χ1v) is 8.61. The molecule has 0 aromatic carbocycles. The molecule has 21 heavy (non-hydrogen) atoms. The summed E-state index contributed by atoms with van der Waals surface area (Å²) in [5.74, 6) is 1.69. The number of pyridine rings is 1. The van der Waals surface area contributed by atoms with Gasteiger partial charge in [-0.2, -0.15) is 0 Å². The maximum atomic E-state index is 4.36. The first-order chi connectivity index (χ1) is 10.2. The van der Waals surface area contributed by atoms with Crippen molar-refractivity contribution in [2.75, 3.05) is 24.5 Å². The molecule has 0 radical (unpaired) electrons. The zero-order valence-corrected chi connectivity index (χ0v) is 13.9. The summed E-state index contributed by atoms with van der Waals surface area (Å²) in [7, 11) is 0. The Morgan fingerprint density at radius 2 is 2.19 bits per heavy atom. The SMILES string of the molecule is CCCNCc1ccncc1N1CCCC(C(C)C)CC1. The number of anilines is 1. The lowest BCUT2D eigenvalue weighted by molar-refractivity contribution is 0.351. The van der Waals surface area contributed by atoms with Crippen LogP contribution in [0.3, 0.4) is 0 Å². The molecule has 1 aliphatic rings. The third-order valence-corrected chi connectivity index (χ3v) is 4.69. The second kappa shape index (κ2) is 8.38. The van der Waals surface area contributed by atoms with Gasteiger partial charge < -0.3 is 10.2 Å². The molecular formula is C18H31N3. The predicted octanol–water partition coefficient (Wildman–Crippen LogP) is 3.84. The van der Waals surface area contributed by atoms with Crippen LogP contribution >= 0.6 is 0 Å². The number of nitrogens with one attached hydrogen (secondary N) is 1. The predicted molar refractivity (Wildman–Crippen MR) is 90.6 cm³/mol. The molecular weight excluding hydrogens is 258 g/mol. The maximum Gasteiger partial charge on any atom is 0.0598 e. The van der Waals surface area contributed by atoms with Crippen LogP contribution in [0, 0.1) is 11.8 Å². The van der Waals surface area contributed by atoms with Crippen molar-refractivity contribution in [2.24, 2.45) is 11.8 Å². The minimum absolute atomic E-state index is 0.810. The van der Waals surface area contributed by atoms with Gasteiger partial charge in [-0.1, -0.05) is 20.8 Å². The number of hydrogen-bond acceptors (Lipinski definition) is 3. The third kappa shape index (κ3) is 4.70. The molecule has 1 aromatic heterocycles. The molecule has 1 saturated heterocycles. The monoisotopic (exact) mass is 289 g/mol. The van der Waals surface area contributed by atoms with E-state index in [9.17, 15) is 0 Å². The van der Waals surface area contributed by atoms with Crippen molar-refractivity contribution in [3.63, 3.8) is 0 Å². The molecule has 0 spiro atoms. The molecule has 1 fully saturated rings. The first kappa shape index (κ1) is 16.3. The van der Waals surface area contributed by atoms with Crippen molar-refractivity contribution in [3.05, 3.63) is 24.0 Å². The summed E-state index contributed by atoms with van der Waals surface area (Å²) in [5, 5.41) is 3.52. The summed E-state index contributed by atoms with van der Waals surface area (Å²) in [6.07, 6.45) is 9.14. The molecule has 1 aromatic rings. The van der Waals surface area contributed by atoms with Crippen LogP contribution in [0.25, 0.3) is 0 Å². The van der Waals surface area contributed by atoms with Crippen molar-refractivity contribution >= 4 is 5.69 Å². The number of nitrogens with zero attached hydrogens (tertiary/aromatic N) is 2. The highest BCUT2D eigenvalue weighted by atomic mass is 15.1. The van der Waals surface area contributed by atoms with Gasteiger partial charge in [0.2, 0.25) is 0 Å². The normalized spacial score (nSPS) is 19.8. The van der Waals surface area contributed by atoms with Crippen LogP contribution < -0.4 is 10.2 Å². The zero-order valence-electron chi connectivity index (χ0n) is 13.9. The summed E-state index contributed by atoms with van der Waals surface area (Å²) in [6, 6.07) is 2.17. The lowest BCUT2D eigenvalue weighted by Gasteiger charge is -2.25. The van der Waals surface area contributed by atoms with Crippen molar-refractivity contribution in [1.82, 2.24) is 10.3 Å². The molecule has 1 aliphatic heterocycles. The van der Waals surface area contributed by atoms with E-state index in [4.69, 9.17) is 0 Å². The third-order valence-electron chi connectivity index (χ3n) is 4.69. The van der Waals surface area contributed by atoms with Gasteiger partial charge in [-0.15, -0.1) is 0 Å². The minimum Gasteiger partial charge on any atom is -0.370 e. The van der Waals surface area contributed by atoms with Gasteiger partial charge in [0.15, 0.2) is 0 Å². The smallest absolute Gasteiger partial charge is 0.0598 e. The highest BCUT2D eigenvalue weighted by Gasteiger charge is 2.20. The number of aromatic nitrogens is 1. The largest absolute Gasteiger partial charge is 0.370 e.